The van der Waals surface area contributed by atoms with E-state index in [1.807, 2.05) is 0 Å². The van der Waals surface area contributed by atoms with Crippen LogP contribution in [-0.2, 0) is 20.8 Å². The van der Waals surface area contributed by atoms with E-state index in [1.54, 1.807) is 0 Å². The highest BCUT2D eigenvalue weighted by Crippen LogP contribution is 2.34. The van der Waals surface area contributed by atoms with Crippen molar-refractivity contribution in [3.8, 4) is 12.3 Å². The fraction of sp³-hybridized carbons (Fsp3) is 0.667. The average molecular weight is 476 g/mol. The molecule has 2 atom stereocenters. The number of carbonyl (C=O) groups excluding carboxylic acids is 1. The third kappa shape index (κ3) is 5.65. The summed E-state index contributed by atoms with van der Waals surface area (Å²) in [6.07, 6.45) is 13.3. The number of aromatic nitrogens is 4. The first-order valence-electron chi connectivity index (χ1n) is 11.9. The number of imidazole rings is 1. The van der Waals surface area contributed by atoms with Crippen molar-refractivity contribution >= 4 is 23.0 Å². The summed E-state index contributed by atoms with van der Waals surface area (Å²) < 4.78 is 26.5. The predicted molar refractivity (Wildman–Crippen MR) is 125 cm³/mol. The third-order valence-corrected chi connectivity index (χ3v) is 6.84. The molecule has 1 saturated carbocycles. The normalized spacial score (nSPS) is 21.0. The highest BCUT2D eigenvalue weighted by molar-refractivity contribution is 5.81. The summed E-state index contributed by atoms with van der Waals surface area (Å²) >= 11 is 0. The first-order valence-corrected chi connectivity index (χ1v) is 11.9. The first-order chi connectivity index (χ1) is 16.4. The molecule has 1 aliphatic carbocycles. The maximum atomic E-state index is 13.8. The predicted octanol–water partition coefficient (Wildman–Crippen LogP) is 2.86. The van der Waals surface area contributed by atoms with Crippen LogP contribution in [0.15, 0.2) is 6.33 Å². The highest BCUT2D eigenvalue weighted by atomic mass is 19.1. The van der Waals surface area contributed by atoms with Crippen molar-refractivity contribution in [1.82, 2.24) is 19.5 Å². The van der Waals surface area contributed by atoms with E-state index >= 15 is 0 Å². The minimum absolute atomic E-state index is 0.0664. The molecule has 0 bridgehead atoms. The molecule has 0 saturated heterocycles. The summed E-state index contributed by atoms with van der Waals surface area (Å²) in [6, 6.07) is 0. The van der Waals surface area contributed by atoms with E-state index in [0.717, 1.165) is 25.7 Å². The highest BCUT2D eigenvalue weighted by Gasteiger charge is 2.42. The lowest BCUT2D eigenvalue weighted by Crippen LogP contribution is -2.51. The smallest absolute Gasteiger partial charge is 0.312 e. The number of nitrogen functional groups attached to an aromatic ring is 1. The van der Waals surface area contributed by atoms with Crippen LogP contribution in [0.4, 0.5) is 10.2 Å². The maximum Gasteiger partial charge on any atom is 0.312 e. The zero-order valence-corrected chi connectivity index (χ0v) is 19.9. The number of halogens is 1. The van der Waals surface area contributed by atoms with Gasteiger partial charge in [0.15, 0.2) is 23.2 Å². The van der Waals surface area contributed by atoms with Crippen LogP contribution in [0.25, 0.3) is 11.2 Å². The number of esters is 1. The number of anilines is 1. The molecule has 3 N–H and O–H groups in total. The summed E-state index contributed by atoms with van der Waals surface area (Å²) in [7, 11) is 1.34. The average Bonchev–Trinajstić information content (AvgIpc) is 3.24. The number of aliphatic hydroxyl groups excluding tert-OH is 1. The Morgan fingerprint density at radius 3 is 2.74 bits per heavy atom. The molecule has 9 nitrogen and oxygen atoms in total. The fourth-order valence-corrected chi connectivity index (χ4v) is 4.63. The molecule has 10 heteroatoms. The van der Waals surface area contributed by atoms with Gasteiger partial charge >= 0.3 is 12.0 Å². The molecule has 2 aromatic rings. The Labute approximate surface area is 199 Å². The topological polar surface area (TPSA) is 125 Å². The molecule has 3 rings (SSSR count). The second-order valence-corrected chi connectivity index (χ2v) is 8.98. The quantitative estimate of drug-likeness (QED) is 0.220. The van der Waals surface area contributed by atoms with Crippen LogP contribution in [0.3, 0.4) is 0 Å². The number of hydrogen-bond acceptors (Lipinski definition) is 8. The molecule has 2 aromatic heterocycles. The lowest BCUT2D eigenvalue weighted by molar-refractivity contribution is -0.173. The van der Waals surface area contributed by atoms with Gasteiger partial charge < -0.3 is 24.9 Å². The molecule has 0 spiro atoms. The van der Waals surface area contributed by atoms with Crippen molar-refractivity contribution in [2.75, 3.05) is 19.5 Å². The van der Waals surface area contributed by atoms with Gasteiger partial charge in [0.1, 0.15) is 5.52 Å². The molecule has 1 fully saturated rings. The van der Waals surface area contributed by atoms with E-state index in [-0.39, 0.29) is 35.4 Å². The minimum Gasteiger partial charge on any atom is -0.456 e. The van der Waals surface area contributed by atoms with Gasteiger partial charge in [0.05, 0.1) is 25.4 Å². The van der Waals surface area contributed by atoms with Crippen molar-refractivity contribution in [2.24, 2.45) is 11.8 Å². The zero-order valence-electron chi connectivity index (χ0n) is 19.9. The van der Waals surface area contributed by atoms with Crippen molar-refractivity contribution in [2.45, 2.75) is 76.5 Å². The largest absolute Gasteiger partial charge is 0.456 e. The number of carbonyl (C=O) groups is 1. The number of fused-ring (bicyclic) bond motifs is 1. The van der Waals surface area contributed by atoms with Crippen LogP contribution in [0, 0.1) is 30.3 Å². The van der Waals surface area contributed by atoms with E-state index < -0.39 is 24.4 Å². The van der Waals surface area contributed by atoms with Crippen LogP contribution in [-0.4, -0.2) is 56.0 Å². The number of hydrogen-bond donors (Lipinski definition) is 2. The fourth-order valence-electron chi connectivity index (χ4n) is 4.63. The van der Waals surface area contributed by atoms with Crippen LogP contribution in [0.2, 0.25) is 0 Å². The van der Waals surface area contributed by atoms with Gasteiger partial charge in [-0.05, 0) is 31.6 Å². The van der Waals surface area contributed by atoms with Gasteiger partial charge in [0, 0.05) is 7.11 Å². The Hall–Kier alpha value is -2.77. The molecular weight excluding hydrogens is 441 g/mol. The number of nitrogens with two attached hydrogens (primary N) is 1. The Morgan fingerprint density at radius 2 is 2.12 bits per heavy atom. The standard InChI is InChI=1S/C24H34FN5O4/c1-4-6-7-8-16-9-11-17(12-10-16)22(32)34-18(24(5-2,14-31)33-3)13-30-15-27-19-20(26)28-23(25)29-21(19)30/h2,15-18,31H,4,6-14H2,1,3H3,(H2,26,28,29)/t16-,17-,18-,24?/m0/s1. The number of rotatable bonds is 11. The van der Waals surface area contributed by atoms with Crippen molar-refractivity contribution in [3.63, 3.8) is 0 Å². The summed E-state index contributed by atoms with van der Waals surface area (Å²) in [5.74, 6) is 2.34. The van der Waals surface area contributed by atoms with Crippen LogP contribution >= 0.6 is 0 Å². The second-order valence-electron chi connectivity index (χ2n) is 8.98. The number of unbranched alkanes of at least 4 members (excludes halogenated alkanes) is 2. The summed E-state index contributed by atoms with van der Waals surface area (Å²) in [5.41, 5.74) is 4.48. The molecule has 0 amide bonds. The Balaban J connectivity index is 1.76. The van der Waals surface area contributed by atoms with E-state index in [4.69, 9.17) is 21.6 Å². The Bertz CT molecular complexity index is 1010. The second kappa shape index (κ2) is 11.6. The maximum absolute atomic E-state index is 13.8. The van der Waals surface area contributed by atoms with Crippen molar-refractivity contribution in [1.29, 1.82) is 0 Å². The SMILES string of the molecule is C#CC(CO)(OC)[C@H](Cn1cnc2c(N)nc(F)nc21)OC(=O)[C@H]1CC[C@H](CCCCC)CC1. The van der Waals surface area contributed by atoms with E-state index in [9.17, 15) is 14.3 Å². The molecular formula is C24H34FN5O4. The monoisotopic (exact) mass is 475 g/mol. The Kier molecular flexibility index (Phi) is 8.80. The molecule has 186 valence electrons. The number of ether oxygens (including phenoxy) is 2. The molecule has 0 aromatic carbocycles. The first kappa shape index (κ1) is 25.8. The molecule has 1 unspecified atom stereocenters. The molecule has 0 aliphatic heterocycles. The molecule has 1 aliphatic rings. The minimum atomic E-state index is -1.60. The van der Waals surface area contributed by atoms with Gasteiger partial charge in [-0.15, -0.1) is 6.42 Å². The van der Waals surface area contributed by atoms with E-state index in [1.165, 1.54) is 43.7 Å². The van der Waals surface area contributed by atoms with Crippen LogP contribution in [0.5, 0.6) is 0 Å². The van der Waals surface area contributed by atoms with Crippen LogP contribution < -0.4 is 5.73 Å². The van der Waals surface area contributed by atoms with Crippen LogP contribution in [0.1, 0.15) is 58.3 Å². The summed E-state index contributed by atoms with van der Waals surface area (Å²) in [4.78, 5) is 24.5. The van der Waals surface area contributed by atoms with Gasteiger partial charge in [-0.3, -0.25) is 4.79 Å². The molecule has 34 heavy (non-hydrogen) atoms. The van der Waals surface area contributed by atoms with E-state index in [0.29, 0.717) is 5.92 Å². The number of terminal acetylenes is 1. The summed E-state index contributed by atoms with van der Waals surface area (Å²) in [5, 5.41) is 10.0. The lowest BCUT2D eigenvalue weighted by atomic mass is 9.79. The van der Waals surface area contributed by atoms with Gasteiger partial charge in [-0.2, -0.15) is 14.4 Å². The number of nitrogens with zero attached hydrogens (tertiary/aromatic N) is 4. The van der Waals surface area contributed by atoms with Gasteiger partial charge in [-0.1, -0.05) is 38.5 Å². The van der Waals surface area contributed by atoms with Gasteiger partial charge in [0.25, 0.3) is 0 Å². The van der Waals surface area contributed by atoms with Gasteiger partial charge in [-0.25, -0.2) is 4.98 Å². The number of aliphatic hydroxyl groups is 1. The number of methoxy groups -OCH3 is 1. The van der Waals surface area contributed by atoms with Gasteiger partial charge in [0.2, 0.25) is 0 Å². The third-order valence-electron chi connectivity index (χ3n) is 6.84. The van der Waals surface area contributed by atoms with Crippen molar-refractivity contribution < 1.29 is 23.8 Å². The van der Waals surface area contributed by atoms with Crippen molar-refractivity contribution in [3.05, 3.63) is 12.4 Å². The summed E-state index contributed by atoms with van der Waals surface area (Å²) in [6.45, 7) is 1.54. The zero-order chi connectivity index (χ0) is 24.7. The molecule has 0 radical (unpaired) electrons. The molecule has 2 heterocycles. The Morgan fingerprint density at radius 1 is 1.38 bits per heavy atom. The lowest BCUT2D eigenvalue weighted by Gasteiger charge is -2.35. The van der Waals surface area contributed by atoms with E-state index in [2.05, 4.69) is 27.8 Å².